The number of nitrogens with zero attached hydrogens (tertiary/aromatic N) is 4. The molecule has 3 aromatic rings. The Morgan fingerprint density at radius 2 is 2.12 bits per heavy atom. The average molecular weight is 430 g/mol. The SMILES string of the molecule is CC(C#Cc1ccc2nc[nH]c2c1)/C=C\N=C(N)c1ccnc(NC2CCC(O)CC2)n1. The third-order valence-electron chi connectivity index (χ3n) is 5.40. The van der Waals surface area contributed by atoms with Crippen molar-refractivity contribution in [2.24, 2.45) is 16.6 Å². The number of benzene rings is 1. The molecule has 32 heavy (non-hydrogen) atoms. The third kappa shape index (κ3) is 5.71. The van der Waals surface area contributed by atoms with Crippen molar-refractivity contribution in [3.05, 3.63) is 60.3 Å². The lowest BCUT2D eigenvalue weighted by atomic mass is 9.93. The van der Waals surface area contributed by atoms with Crippen molar-refractivity contribution in [1.82, 2.24) is 19.9 Å². The van der Waals surface area contributed by atoms with Gasteiger partial charge in [0.05, 0.1) is 23.5 Å². The van der Waals surface area contributed by atoms with Gasteiger partial charge in [-0.15, -0.1) is 0 Å². The normalized spacial score (nSPS) is 20.1. The Morgan fingerprint density at radius 3 is 2.97 bits per heavy atom. The van der Waals surface area contributed by atoms with E-state index in [9.17, 15) is 5.11 Å². The molecule has 0 aliphatic heterocycles. The maximum absolute atomic E-state index is 9.64. The number of imidazole rings is 1. The predicted molar refractivity (Wildman–Crippen MR) is 126 cm³/mol. The molecular formula is C24H27N7O. The van der Waals surface area contributed by atoms with Crippen LogP contribution in [0.3, 0.4) is 0 Å². The first-order valence-electron chi connectivity index (χ1n) is 10.8. The summed E-state index contributed by atoms with van der Waals surface area (Å²) in [5, 5.41) is 13.0. The smallest absolute Gasteiger partial charge is 0.223 e. The highest BCUT2D eigenvalue weighted by Crippen LogP contribution is 2.20. The zero-order chi connectivity index (χ0) is 22.3. The Labute approximate surface area is 187 Å². The lowest BCUT2D eigenvalue weighted by Gasteiger charge is -2.26. The first-order valence-corrected chi connectivity index (χ1v) is 10.8. The summed E-state index contributed by atoms with van der Waals surface area (Å²) in [7, 11) is 0. The fourth-order valence-corrected chi connectivity index (χ4v) is 3.55. The number of rotatable bonds is 5. The lowest BCUT2D eigenvalue weighted by Crippen LogP contribution is -2.29. The van der Waals surface area contributed by atoms with E-state index in [-0.39, 0.29) is 18.1 Å². The summed E-state index contributed by atoms with van der Waals surface area (Å²) < 4.78 is 0. The molecule has 1 saturated carbocycles. The molecular weight excluding hydrogens is 402 g/mol. The van der Waals surface area contributed by atoms with E-state index in [1.807, 2.05) is 31.2 Å². The number of aliphatic hydroxyl groups is 1. The highest BCUT2D eigenvalue weighted by molar-refractivity contribution is 5.96. The minimum atomic E-state index is -0.193. The second-order valence-corrected chi connectivity index (χ2v) is 7.96. The van der Waals surface area contributed by atoms with Crippen LogP contribution in [0.1, 0.15) is 43.9 Å². The molecule has 1 aliphatic carbocycles. The number of aromatic amines is 1. The van der Waals surface area contributed by atoms with E-state index >= 15 is 0 Å². The van der Waals surface area contributed by atoms with Gasteiger partial charge in [0, 0.05) is 29.9 Å². The Bertz CT molecular complexity index is 1180. The van der Waals surface area contributed by atoms with Crippen molar-refractivity contribution >= 4 is 22.8 Å². The molecule has 1 unspecified atom stereocenters. The quantitative estimate of drug-likeness (QED) is 0.281. The number of amidine groups is 1. The first kappa shape index (κ1) is 21.5. The van der Waals surface area contributed by atoms with Gasteiger partial charge in [-0.2, -0.15) is 0 Å². The van der Waals surface area contributed by atoms with Crippen LogP contribution in [0, 0.1) is 17.8 Å². The molecule has 0 bridgehead atoms. The Balaban J connectivity index is 1.35. The molecule has 4 rings (SSSR count). The van der Waals surface area contributed by atoms with Gasteiger partial charge in [0.2, 0.25) is 5.95 Å². The van der Waals surface area contributed by atoms with Gasteiger partial charge in [-0.25, -0.2) is 19.9 Å². The van der Waals surface area contributed by atoms with E-state index in [4.69, 9.17) is 5.73 Å². The van der Waals surface area contributed by atoms with E-state index in [1.165, 1.54) is 0 Å². The number of allylic oxidation sites excluding steroid dienone is 1. The molecule has 1 fully saturated rings. The highest BCUT2D eigenvalue weighted by atomic mass is 16.3. The van der Waals surface area contributed by atoms with E-state index in [2.05, 4.69) is 42.1 Å². The topological polar surface area (TPSA) is 125 Å². The molecule has 5 N–H and O–H groups in total. The van der Waals surface area contributed by atoms with Gasteiger partial charge in [0.15, 0.2) is 0 Å². The van der Waals surface area contributed by atoms with Crippen LogP contribution in [0.5, 0.6) is 0 Å². The number of anilines is 1. The molecule has 0 amide bonds. The predicted octanol–water partition coefficient (Wildman–Crippen LogP) is 2.98. The average Bonchev–Trinajstić information content (AvgIpc) is 3.27. The van der Waals surface area contributed by atoms with Crippen LogP contribution < -0.4 is 11.1 Å². The molecule has 8 nitrogen and oxygen atoms in total. The maximum atomic E-state index is 9.64. The summed E-state index contributed by atoms with van der Waals surface area (Å²) in [6, 6.07) is 7.89. The monoisotopic (exact) mass is 429 g/mol. The van der Waals surface area contributed by atoms with Crippen LogP contribution in [0.2, 0.25) is 0 Å². The molecule has 2 aromatic heterocycles. The van der Waals surface area contributed by atoms with Gasteiger partial charge in [0.25, 0.3) is 0 Å². The number of nitrogens with two attached hydrogens (primary N) is 1. The Kier molecular flexibility index (Phi) is 6.78. The third-order valence-corrected chi connectivity index (χ3v) is 5.40. The molecule has 0 saturated heterocycles. The molecule has 1 atom stereocenters. The first-order chi connectivity index (χ1) is 15.6. The number of hydrogen-bond donors (Lipinski definition) is 4. The summed E-state index contributed by atoms with van der Waals surface area (Å²) in [5.41, 5.74) is 9.50. The molecule has 8 heteroatoms. The molecule has 2 heterocycles. The zero-order valence-electron chi connectivity index (χ0n) is 18.0. The summed E-state index contributed by atoms with van der Waals surface area (Å²) in [5.74, 6) is 7.21. The fraction of sp³-hybridized carbons (Fsp3) is 0.333. The Morgan fingerprint density at radius 1 is 1.28 bits per heavy atom. The second-order valence-electron chi connectivity index (χ2n) is 7.96. The van der Waals surface area contributed by atoms with Gasteiger partial charge >= 0.3 is 0 Å². The summed E-state index contributed by atoms with van der Waals surface area (Å²) >= 11 is 0. The van der Waals surface area contributed by atoms with Crippen molar-refractivity contribution in [3.63, 3.8) is 0 Å². The fourth-order valence-electron chi connectivity index (χ4n) is 3.55. The van der Waals surface area contributed by atoms with E-state index in [0.29, 0.717) is 17.5 Å². The zero-order valence-corrected chi connectivity index (χ0v) is 18.0. The van der Waals surface area contributed by atoms with Gasteiger partial charge in [-0.05, 0) is 56.9 Å². The van der Waals surface area contributed by atoms with Crippen molar-refractivity contribution in [1.29, 1.82) is 0 Å². The number of aliphatic hydroxyl groups excluding tert-OH is 1. The van der Waals surface area contributed by atoms with Crippen LogP contribution in [-0.4, -0.2) is 43.0 Å². The van der Waals surface area contributed by atoms with Crippen molar-refractivity contribution in [2.75, 3.05) is 5.32 Å². The number of fused-ring (bicyclic) bond motifs is 1. The van der Waals surface area contributed by atoms with Crippen molar-refractivity contribution in [3.8, 4) is 11.8 Å². The second kappa shape index (κ2) is 10.1. The number of H-pyrrole nitrogens is 1. The minimum absolute atomic E-state index is 0.00768. The summed E-state index contributed by atoms with van der Waals surface area (Å²) in [4.78, 5) is 20.3. The number of nitrogens with one attached hydrogen (secondary N) is 2. The molecule has 0 radical (unpaired) electrons. The number of aromatic nitrogens is 4. The highest BCUT2D eigenvalue weighted by Gasteiger charge is 2.19. The molecule has 1 aliphatic rings. The van der Waals surface area contributed by atoms with Crippen LogP contribution in [0.15, 0.2) is 54.1 Å². The van der Waals surface area contributed by atoms with E-state index in [0.717, 1.165) is 42.3 Å². The molecule has 1 aromatic carbocycles. The van der Waals surface area contributed by atoms with Crippen LogP contribution in [0.4, 0.5) is 5.95 Å². The van der Waals surface area contributed by atoms with E-state index < -0.39 is 0 Å². The van der Waals surface area contributed by atoms with Gasteiger partial charge in [0.1, 0.15) is 11.5 Å². The van der Waals surface area contributed by atoms with Crippen LogP contribution >= 0.6 is 0 Å². The minimum Gasteiger partial charge on any atom is -0.393 e. The molecule has 0 spiro atoms. The van der Waals surface area contributed by atoms with Crippen LogP contribution in [-0.2, 0) is 0 Å². The maximum Gasteiger partial charge on any atom is 0.223 e. The van der Waals surface area contributed by atoms with Gasteiger partial charge in [-0.3, -0.25) is 0 Å². The lowest BCUT2D eigenvalue weighted by molar-refractivity contribution is 0.126. The molecule has 164 valence electrons. The van der Waals surface area contributed by atoms with Crippen molar-refractivity contribution in [2.45, 2.75) is 44.8 Å². The standard InChI is InChI=1S/C24H27N7O/c1-16(2-3-17-4-9-20-22(14-17)29-15-28-20)10-12-26-23(25)21-11-13-27-24(31-21)30-18-5-7-19(32)8-6-18/h4,9-16,18-19,32H,5-8H2,1H3,(H2,25,26)(H,28,29)(H,27,30,31)/b12-10-. The number of aliphatic imine (C=N–C) groups is 1. The van der Waals surface area contributed by atoms with Crippen LogP contribution in [0.25, 0.3) is 11.0 Å². The Hall–Kier alpha value is -3.70. The van der Waals surface area contributed by atoms with Gasteiger partial charge < -0.3 is 21.1 Å². The largest absolute Gasteiger partial charge is 0.393 e. The van der Waals surface area contributed by atoms with Gasteiger partial charge in [-0.1, -0.05) is 17.9 Å². The van der Waals surface area contributed by atoms with E-state index in [1.54, 1.807) is 24.8 Å². The van der Waals surface area contributed by atoms with Crippen molar-refractivity contribution < 1.29 is 5.11 Å². The summed E-state index contributed by atoms with van der Waals surface area (Å²) in [6.45, 7) is 2.00. The number of hydrogen-bond acceptors (Lipinski definition) is 6. The summed E-state index contributed by atoms with van der Waals surface area (Å²) in [6.07, 6.45) is 10.1.